The Labute approximate surface area is 334 Å². The van der Waals surface area contributed by atoms with Crippen LogP contribution in [0.2, 0.25) is 0 Å². The number of unbranched alkanes of at least 4 members (excludes halogenated alkanes) is 21. The first-order valence-corrected chi connectivity index (χ1v) is 22.3. The largest absolute Gasteiger partial charge is 0.394 e. The van der Waals surface area contributed by atoms with Crippen molar-refractivity contribution in [2.24, 2.45) is 0 Å². The lowest BCUT2D eigenvalue weighted by molar-refractivity contribution is -0.302. The van der Waals surface area contributed by atoms with E-state index in [0.29, 0.717) is 19.3 Å². The molecule has 10 heteroatoms. The van der Waals surface area contributed by atoms with Gasteiger partial charge in [-0.1, -0.05) is 172 Å². The van der Waals surface area contributed by atoms with E-state index in [1.165, 1.54) is 103 Å². The molecule has 0 spiro atoms. The Kier molecular flexibility index (Phi) is 33.2. The van der Waals surface area contributed by atoms with Gasteiger partial charge in [-0.05, 0) is 44.9 Å². The minimum absolute atomic E-state index is 0.303. The molecule has 10 nitrogen and oxygen atoms in total. The number of amides is 1. The van der Waals surface area contributed by atoms with E-state index in [9.17, 15) is 35.4 Å². The molecule has 0 bridgehead atoms. The smallest absolute Gasteiger partial charge is 0.249 e. The molecule has 8 atom stereocenters. The summed E-state index contributed by atoms with van der Waals surface area (Å²) in [5.74, 6) is -0.631. The van der Waals surface area contributed by atoms with E-state index in [1.54, 1.807) is 6.08 Å². The molecule has 0 aromatic heterocycles. The Balaban J connectivity index is 2.46. The van der Waals surface area contributed by atoms with Gasteiger partial charge >= 0.3 is 0 Å². The highest BCUT2D eigenvalue weighted by Crippen LogP contribution is 2.22. The zero-order valence-electron chi connectivity index (χ0n) is 34.8. The highest BCUT2D eigenvalue weighted by Gasteiger charge is 2.44. The summed E-state index contributed by atoms with van der Waals surface area (Å²) in [5, 5.41) is 64.5. The molecule has 1 heterocycles. The van der Waals surface area contributed by atoms with Gasteiger partial charge in [-0.15, -0.1) is 0 Å². The van der Waals surface area contributed by atoms with E-state index in [1.807, 2.05) is 6.08 Å². The van der Waals surface area contributed by atoms with Crippen LogP contribution < -0.4 is 5.32 Å². The number of ether oxygens (including phenoxy) is 2. The number of aliphatic hydroxyl groups is 6. The molecule has 7 N–H and O–H groups in total. The van der Waals surface area contributed by atoms with Crippen LogP contribution in [0.25, 0.3) is 0 Å². The Morgan fingerprint density at radius 2 is 1.07 bits per heavy atom. The van der Waals surface area contributed by atoms with Crippen molar-refractivity contribution in [3.8, 4) is 0 Å². The Hall–Kier alpha value is -1.63. The van der Waals surface area contributed by atoms with Gasteiger partial charge in [-0.25, -0.2) is 0 Å². The third-order valence-corrected chi connectivity index (χ3v) is 10.6. The van der Waals surface area contributed by atoms with Crippen LogP contribution in [0.5, 0.6) is 0 Å². The van der Waals surface area contributed by atoms with Crippen molar-refractivity contribution in [3.63, 3.8) is 0 Å². The van der Waals surface area contributed by atoms with Crippen molar-refractivity contribution in [2.75, 3.05) is 13.2 Å². The second-order valence-corrected chi connectivity index (χ2v) is 15.6. The second-order valence-electron chi connectivity index (χ2n) is 15.6. The van der Waals surface area contributed by atoms with Gasteiger partial charge in [0, 0.05) is 0 Å². The van der Waals surface area contributed by atoms with E-state index in [-0.39, 0.29) is 6.61 Å². The van der Waals surface area contributed by atoms with Gasteiger partial charge in [-0.2, -0.15) is 0 Å². The fourth-order valence-corrected chi connectivity index (χ4v) is 6.84. The van der Waals surface area contributed by atoms with Crippen LogP contribution in [0.1, 0.15) is 181 Å². The molecule has 8 unspecified atom stereocenters. The second kappa shape index (κ2) is 35.5. The summed E-state index contributed by atoms with van der Waals surface area (Å²) in [6.07, 6.45) is 32.3. The zero-order chi connectivity index (χ0) is 40.4. The monoisotopic (exact) mass is 782 g/mol. The van der Waals surface area contributed by atoms with Crippen molar-refractivity contribution in [1.82, 2.24) is 5.32 Å². The molecule has 0 aliphatic carbocycles. The lowest BCUT2D eigenvalue weighted by atomic mass is 9.99. The van der Waals surface area contributed by atoms with Crippen LogP contribution in [0.4, 0.5) is 0 Å². The quantitative estimate of drug-likeness (QED) is 0.0247. The maximum absolute atomic E-state index is 13.0. The van der Waals surface area contributed by atoms with E-state index in [0.717, 1.165) is 44.9 Å². The first-order valence-electron chi connectivity index (χ1n) is 22.3. The minimum Gasteiger partial charge on any atom is -0.394 e. The van der Waals surface area contributed by atoms with Crippen molar-refractivity contribution >= 4 is 5.91 Å². The first kappa shape index (κ1) is 51.4. The zero-order valence-corrected chi connectivity index (χ0v) is 34.8. The summed E-state index contributed by atoms with van der Waals surface area (Å²) >= 11 is 0. The van der Waals surface area contributed by atoms with Gasteiger partial charge in [0.25, 0.3) is 0 Å². The molecule has 1 rings (SSSR count). The SMILES string of the molecule is CCCCCC/C=C/CC/C=C/CC/C=C/C(O)C(COC1OC(CO)C(O)C(O)C1O)NC(=O)C(O)CCCCCCCCCCCCCCCCCC. The molecule has 322 valence electrons. The summed E-state index contributed by atoms with van der Waals surface area (Å²) in [6.45, 7) is 3.55. The molecule has 1 aliphatic heterocycles. The summed E-state index contributed by atoms with van der Waals surface area (Å²) < 4.78 is 11.1. The fraction of sp³-hybridized carbons (Fsp3) is 0.844. The maximum atomic E-state index is 13.0. The molecular weight excluding hydrogens is 698 g/mol. The molecule has 0 aromatic carbocycles. The molecular formula is C45H83NO9. The molecule has 1 fully saturated rings. The predicted octanol–water partition coefficient (Wildman–Crippen LogP) is 7.86. The van der Waals surface area contributed by atoms with E-state index in [2.05, 4.69) is 43.5 Å². The molecule has 0 radical (unpaired) electrons. The molecule has 0 saturated carbocycles. The third-order valence-electron chi connectivity index (χ3n) is 10.6. The van der Waals surface area contributed by atoms with E-state index >= 15 is 0 Å². The summed E-state index contributed by atoms with van der Waals surface area (Å²) in [4.78, 5) is 13.0. The normalized spacial score (nSPS) is 22.2. The van der Waals surface area contributed by atoms with Gasteiger partial charge < -0.3 is 45.4 Å². The van der Waals surface area contributed by atoms with Gasteiger partial charge in [0.1, 0.15) is 30.5 Å². The van der Waals surface area contributed by atoms with Gasteiger partial charge in [0.15, 0.2) is 6.29 Å². The van der Waals surface area contributed by atoms with Crippen molar-refractivity contribution in [2.45, 2.75) is 230 Å². The van der Waals surface area contributed by atoms with Gasteiger partial charge in [0.05, 0.1) is 25.4 Å². The molecule has 1 aliphatic rings. The number of nitrogens with one attached hydrogen (secondary N) is 1. The van der Waals surface area contributed by atoms with Crippen molar-refractivity contribution in [3.05, 3.63) is 36.5 Å². The van der Waals surface area contributed by atoms with Crippen LogP contribution in [0.15, 0.2) is 36.5 Å². The van der Waals surface area contributed by atoms with Gasteiger partial charge in [0.2, 0.25) is 5.91 Å². The summed E-state index contributed by atoms with van der Waals surface area (Å²) in [5.41, 5.74) is 0. The van der Waals surface area contributed by atoms with Gasteiger partial charge in [-0.3, -0.25) is 4.79 Å². The van der Waals surface area contributed by atoms with Crippen LogP contribution in [0.3, 0.4) is 0 Å². The number of carbonyl (C=O) groups is 1. The Morgan fingerprint density at radius 1 is 0.618 bits per heavy atom. The Morgan fingerprint density at radius 3 is 1.58 bits per heavy atom. The number of hydrogen-bond donors (Lipinski definition) is 7. The number of carbonyl (C=O) groups excluding carboxylic acids is 1. The fourth-order valence-electron chi connectivity index (χ4n) is 6.84. The van der Waals surface area contributed by atoms with Crippen LogP contribution in [-0.4, -0.2) is 98.7 Å². The first-order chi connectivity index (χ1) is 26.8. The third kappa shape index (κ3) is 26.1. The number of rotatable bonds is 36. The maximum Gasteiger partial charge on any atom is 0.249 e. The van der Waals surface area contributed by atoms with Crippen molar-refractivity contribution < 1.29 is 44.9 Å². The highest BCUT2D eigenvalue weighted by molar-refractivity contribution is 5.80. The standard InChI is InChI=1S/C45H83NO9/c1-3-5-7-9-11-13-15-17-19-20-22-24-26-28-30-32-34-39(49)44(53)46-37(36-54-45-43(52)42(51)41(50)40(35-47)55-45)38(48)33-31-29-27-25-23-21-18-16-14-12-10-8-6-4-2/h14,16,23,25,31,33,37-43,45,47-52H,3-13,15,17-22,24,26-30,32,34-36H2,1-2H3,(H,46,53)/b16-14+,25-23+,33-31+. The number of allylic oxidation sites excluding steroid dienone is 5. The number of hydrogen-bond acceptors (Lipinski definition) is 9. The van der Waals surface area contributed by atoms with Crippen molar-refractivity contribution in [1.29, 1.82) is 0 Å². The molecule has 55 heavy (non-hydrogen) atoms. The summed E-state index contributed by atoms with van der Waals surface area (Å²) in [7, 11) is 0. The molecule has 1 amide bonds. The molecule has 1 saturated heterocycles. The minimum atomic E-state index is -1.62. The lowest BCUT2D eigenvalue weighted by Crippen LogP contribution is -2.60. The Bertz CT molecular complexity index is 974. The average molecular weight is 782 g/mol. The number of aliphatic hydroxyl groups excluding tert-OH is 6. The average Bonchev–Trinajstić information content (AvgIpc) is 3.18. The van der Waals surface area contributed by atoms with Crippen LogP contribution in [-0.2, 0) is 14.3 Å². The summed E-state index contributed by atoms with van der Waals surface area (Å²) in [6, 6.07) is -0.999. The lowest BCUT2D eigenvalue weighted by Gasteiger charge is -2.40. The highest BCUT2D eigenvalue weighted by atomic mass is 16.7. The molecule has 0 aromatic rings. The van der Waals surface area contributed by atoms with Crippen LogP contribution in [0, 0.1) is 0 Å². The van der Waals surface area contributed by atoms with E-state index < -0.39 is 61.5 Å². The topological polar surface area (TPSA) is 169 Å². The van der Waals surface area contributed by atoms with Crippen LogP contribution >= 0.6 is 0 Å². The van der Waals surface area contributed by atoms with E-state index in [4.69, 9.17) is 9.47 Å². The predicted molar refractivity (Wildman–Crippen MR) is 222 cm³/mol.